The molecule has 7 rings (SSSR count). The third-order valence-corrected chi connectivity index (χ3v) is 10.8. The van der Waals surface area contributed by atoms with Gasteiger partial charge < -0.3 is 9.30 Å². The molecule has 0 aliphatic carbocycles. The Morgan fingerprint density at radius 2 is 1.50 bits per heavy atom. The van der Waals surface area contributed by atoms with Crippen LogP contribution in [0.4, 0.5) is 0 Å². The van der Waals surface area contributed by atoms with Gasteiger partial charge in [-0.05, 0) is 89.9 Å². The maximum atomic E-state index is 6.66. The fourth-order valence-corrected chi connectivity index (χ4v) is 7.27. The number of aromatic nitrogens is 4. The predicted octanol–water partition coefficient (Wildman–Crippen LogP) is 12.3. The summed E-state index contributed by atoms with van der Waals surface area (Å²) in [6, 6.07) is 37.2. The number of hydrogen-bond acceptors (Lipinski definition) is 3. The van der Waals surface area contributed by atoms with Gasteiger partial charge in [0.1, 0.15) is 5.82 Å². The molecule has 0 fully saturated rings. The van der Waals surface area contributed by atoms with Crippen LogP contribution in [0, 0.1) is 44.2 Å². The van der Waals surface area contributed by atoms with Crippen molar-refractivity contribution in [2.24, 2.45) is 11.3 Å². The van der Waals surface area contributed by atoms with E-state index in [0.717, 1.165) is 61.6 Å². The summed E-state index contributed by atoms with van der Waals surface area (Å²) in [4.78, 5) is 4.82. The zero-order valence-electron chi connectivity index (χ0n) is 31.9. The van der Waals surface area contributed by atoms with E-state index in [4.69, 9.17) is 14.8 Å². The Labute approximate surface area is 323 Å². The molecule has 0 aliphatic heterocycles. The monoisotopic (exact) mass is 867 g/mol. The predicted molar refractivity (Wildman–Crippen MR) is 211 cm³/mol. The van der Waals surface area contributed by atoms with Gasteiger partial charge in [-0.25, -0.2) is 4.98 Å². The van der Waals surface area contributed by atoms with Crippen LogP contribution in [0.1, 0.15) is 88.4 Å². The molecule has 7 aromatic rings. The molecule has 268 valence electrons. The molecular formula is C46H48N4OPt. The van der Waals surface area contributed by atoms with Crippen molar-refractivity contribution in [3.05, 3.63) is 131 Å². The normalized spacial score (nSPS) is 13.1. The minimum absolute atomic E-state index is 0. The van der Waals surface area contributed by atoms with Crippen molar-refractivity contribution in [1.29, 1.82) is 0 Å². The van der Waals surface area contributed by atoms with Crippen LogP contribution in [-0.2, 0) is 21.1 Å². The van der Waals surface area contributed by atoms with Crippen molar-refractivity contribution in [1.82, 2.24) is 19.3 Å². The van der Waals surface area contributed by atoms with Crippen LogP contribution in [0.3, 0.4) is 0 Å². The van der Waals surface area contributed by atoms with E-state index in [2.05, 4.69) is 153 Å². The number of rotatable bonds is 8. The van der Waals surface area contributed by atoms with E-state index in [-0.39, 0.29) is 32.4 Å². The third-order valence-electron chi connectivity index (χ3n) is 10.8. The van der Waals surface area contributed by atoms with Gasteiger partial charge in [0.05, 0.1) is 5.69 Å². The van der Waals surface area contributed by atoms with Crippen LogP contribution in [0.5, 0.6) is 11.5 Å². The Balaban J connectivity index is 0.00000464. The van der Waals surface area contributed by atoms with E-state index < -0.39 is 0 Å². The van der Waals surface area contributed by atoms with Crippen molar-refractivity contribution in [3.8, 4) is 34.1 Å². The second-order valence-corrected chi connectivity index (χ2v) is 15.6. The summed E-state index contributed by atoms with van der Waals surface area (Å²) in [6.07, 6.45) is 1.88. The first-order chi connectivity index (χ1) is 24.3. The molecule has 0 spiro atoms. The molecule has 0 aliphatic rings. The topological polar surface area (TPSA) is 44.9 Å². The molecule has 52 heavy (non-hydrogen) atoms. The summed E-state index contributed by atoms with van der Waals surface area (Å²) in [5, 5.41) is 7.29. The van der Waals surface area contributed by atoms with Gasteiger partial charge >= 0.3 is 21.1 Å². The van der Waals surface area contributed by atoms with Gasteiger partial charge in [-0.2, -0.15) is 11.2 Å². The Hall–Kier alpha value is -4.47. The van der Waals surface area contributed by atoms with Gasteiger partial charge in [-0.1, -0.05) is 96.4 Å². The second kappa shape index (κ2) is 14.5. The van der Waals surface area contributed by atoms with Crippen LogP contribution in [0.25, 0.3) is 44.4 Å². The minimum Gasteiger partial charge on any atom is -0.509 e. The summed E-state index contributed by atoms with van der Waals surface area (Å²) in [5.74, 6) is 3.31. The van der Waals surface area contributed by atoms with Crippen LogP contribution < -0.4 is 4.74 Å². The summed E-state index contributed by atoms with van der Waals surface area (Å²) in [7, 11) is 0. The second-order valence-electron chi connectivity index (χ2n) is 15.6. The first-order valence-corrected chi connectivity index (χ1v) is 18.1. The van der Waals surface area contributed by atoms with E-state index in [0.29, 0.717) is 23.3 Å². The molecule has 0 amide bonds. The quantitative estimate of drug-likeness (QED) is 0.143. The van der Waals surface area contributed by atoms with E-state index >= 15 is 0 Å². The molecule has 0 saturated carbocycles. The molecular weight excluding hydrogens is 820 g/mol. The molecule has 6 heteroatoms. The zero-order valence-corrected chi connectivity index (χ0v) is 34.2. The maximum absolute atomic E-state index is 6.66. The fourth-order valence-electron chi connectivity index (χ4n) is 7.27. The molecule has 2 atom stereocenters. The molecule has 4 aromatic carbocycles. The Bertz CT molecular complexity index is 2380. The standard InChI is InChI=1S/C46H48N4O.Pt/c1-28(2)36-23-37(50-33(7)45(32(6)48-50)34-14-12-11-13-15-34)26-39(24-36)51-38-17-18-40-41-25-35(30(4)31(5)46(8,9)10)16-19-42(41)49(43(40)27-38)44-22-29(3)20-21-47-44;/h11-25,28,30-31H,1-10H3;/q-2;+2. The van der Waals surface area contributed by atoms with Crippen molar-refractivity contribution < 1.29 is 25.8 Å². The molecule has 0 bridgehead atoms. The van der Waals surface area contributed by atoms with Crippen LogP contribution >= 0.6 is 0 Å². The average molecular weight is 868 g/mol. The van der Waals surface area contributed by atoms with E-state index in [1.165, 1.54) is 10.9 Å². The van der Waals surface area contributed by atoms with Crippen LogP contribution in [0.15, 0.2) is 91.1 Å². The summed E-state index contributed by atoms with van der Waals surface area (Å²) in [5.41, 5.74) is 11.1. The van der Waals surface area contributed by atoms with Gasteiger partial charge in [0, 0.05) is 34.5 Å². The van der Waals surface area contributed by atoms with Crippen molar-refractivity contribution in [2.45, 2.75) is 81.1 Å². The molecule has 3 heterocycles. The average Bonchev–Trinajstić information content (AvgIpc) is 3.59. The molecule has 0 saturated heterocycles. The van der Waals surface area contributed by atoms with Gasteiger partial charge in [-0.3, -0.25) is 4.68 Å². The van der Waals surface area contributed by atoms with Crippen LogP contribution in [0.2, 0.25) is 0 Å². The van der Waals surface area contributed by atoms with Gasteiger partial charge in [0.2, 0.25) is 0 Å². The number of pyridine rings is 1. The number of benzene rings is 4. The number of hydrogen-bond donors (Lipinski definition) is 0. The Morgan fingerprint density at radius 1 is 0.750 bits per heavy atom. The summed E-state index contributed by atoms with van der Waals surface area (Å²) >= 11 is 0. The number of fused-ring (bicyclic) bond motifs is 3. The van der Waals surface area contributed by atoms with E-state index in [9.17, 15) is 0 Å². The van der Waals surface area contributed by atoms with Gasteiger partial charge in [-0.15, -0.1) is 41.3 Å². The SMILES string of the molecule is Cc1ccnc(-n2c3[c-]c(Oc4[c-]c(-n5nc(C)c(-c6ccccc6)c5C)cc(C(C)C)c4)ccc3c3cc(C(C)C(C)C(C)(C)C)ccc32)c1.[Pt+2]. The van der Waals surface area contributed by atoms with Gasteiger partial charge in [0.15, 0.2) is 0 Å². The van der Waals surface area contributed by atoms with Crippen LogP contribution in [-0.4, -0.2) is 19.3 Å². The summed E-state index contributed by atoms with van der Waals surface area (Å²) in [6.45, 7) is 22.4. The number of nitrogens with zero attached hydrogens (tertiary/aromatic N) is 4. The fraction of sp³-hybridized carbons (Fsp3) is 0.304. The molecule has 3 aromatic heterocycles. The Kier molecular flexibility index (Phi) is 10.4. The Morgan fingerprint density at radius 3 is 2.19 bits per heavy atom. The maximum Gasteiger partial charge on any atom is 2.00 e. The molecule has 2 unspecified atom stereocenters. The largest absolute Gasteiger partial charge is 2.00 e. The van der Waals surface area contributed by atoms with E-state index in [1.807, 2.05) is 29.1 Å². The van der Waals surface area contributed by atoms with Crippen molar-refractivity contribution in [2.75, 3.05) is 0 Å². The van der Waals surface area contributed by atoms with Gasteiger partial charge in [0.25, 0.3) is 0 Å². The molecule has 0 N–H and O–H groups in total. The number of ether oxygens (including phenoxy) is 1. The molecule has 5 nitrogen and oxygen atoms in total. The van der Waals surface area contributed by atoms with Crippen molar-refractivity contribution >= 4 is 21.8 Å². The summed E-state index contributed by atoms with van der Waals surface area (Å²) < 4.78 is 10.9. The first-order valence-electron chi connectivity index (χ1n) is 18.1. The third kappa shape index (κ3) is 7.00. The molecule has 0 radical (unpaired) electrons. The smallest absolute Gasteiger partial charge is 0.509 e. The minimum atomic E-state index is 0. The van der Waals surface area contributed by atoms with E-state index in [1.54, 1.807) is 0 Å². The number of aryl methyl sites for hydroxylation is 2. The zero-order chi connectivity index (χ0) is 36.2. The first kappa shape index (κ1) is 37.3. The van der Waals surface area contributed by atoms with Crippen molar-refractivity contribution in [3.63, 3.8) is 0 Å².